The molecule has 1 unspecified atom stereocenters. The molecule has 0 bridgehead atoms. The minimum absolute atomic E-state index is 0.0563. The van der Waals surface area contributed by atoms with Gasteiger partial charge in [-0.05, 0) is 30.5 Å². The van der Waals surface area contributed by atoms with Gasteiger partial charge in [-0.15, -0.1) is 11.3 Å². The molecule has 0 saturated carbocycles. The molecule has 1 amide bonds. The Balaban J connectivity index is 1.98. The molecule has 0 spiro atoms. The standard InChI is InChI=1S/C23H27NO5S/c1-3-4-5-6-17(25)15-7-9-16(10-8-15)23(29-2,19-12-14-21(26)24-19)20-13-11-18(30-20)22(27)28/h7-11,13,19H,3-6,12,14H2,1-2H3,(H,24,26)(H,27,28)/t19?,23-/m0/s1. The highest BCUT2D eigenvalue weighted by molar-refractivity contribution is 7.14. The molecule has 30 heavy (non-hydrogen) atoms. The zero-order chi connectivity index (χ0) is 21.7. The van der Waals surface area contributed by atoms with E-state index in [0.29, 0.717) is 29.7 Å². The Kier molecular flexibility index (Phi) is 7.05. The van der Waals surface area contributed by atoms with Crippen LogP contribution in [0.5, 0.6) is 0 Å². The number of nitrogens with one attached hydrogen (secondary N) is 1. The van der Waals surface area contributed by atoms with Gasteiger partial charge in [-0.1, -0.05) is 44.0 Å². The summed E-state index contributed by atoms with van der Waals surface area (Å²) in [5.41, 5.74) is 0.405. The molecule has 1 fully saturated rings. The highest BCUT2D eigenvalue weighted by Crippen LogP contribution is 2.43. The van der Waals surface area contributed by atoms with Crippen LogP contribution < -0.4 is 5.32 Å². The maximum absolute atomic E-state index is 12.4. The van der Waals surface area contributed by atoms with Crippen molar-refractivity contribution >= 4 is 29.0 Å². The fraction of sp³-hybridized carbons (Fsp3) is 0.435. The van der Waals surface area contributed by atoms with Crippen molar-refractivity contribution in [3.8, 4) is 0 Å². The Hall–Kier alpha value is -2.51. The fourth-order valence-corrected chi connectivity index (χ4v) is 5.12. The van der Waals surface area contributed by atoms with Gasteiger partial charge >= 0.3 is 5.97 Å². The minimum Gasteiger partial charge on any atom is -0.477 e. The number of carbonyl (C=O) groups excluding carboxylic acids is 2. The van der Waals surface area contributed by atoms with Gasteiger partial charge in [0.25, 0.3) is 0 Å². The van der Waals surface area contributed by atoms with Gasteiger partial charge in [0.15, 0.2) is 5.78 Å². The number of carboxylic acid groups (broad SMARTS) is 1. The average Bonchev–Trinajstić information content (AvgIpc) is 3.40. The lowest BCUT2D eigenvalue weighted by molar-refractivity contribution is -0.120. The van der Waals surface area contributed by atoms with Gasteiger partial charge in [-0.3, -0.25) is 9.59 Å². The first-order valence-electron chi connectivity index (χ1n) is 10.2. The fourth-order valence-electron chi connectivity index (χ4n) is 4.03. The van der Waals surface area contributed by atoms with Crippen molar-refractivity contribution < 1.29 is 24.2 Å². The minimum atomic E-state index is -1.02. The third-order valence-corrected chi connectivity index (χ3v) is 6.82. The van der Waals surface area contributed by atoms with Crippen LogP contribution in [0.15, 0.2) is 36.4 Å². The van der Waals surface area contributed by atoms with E-state index in [1.807, 2.05) is 12.1 Å². The SMILES string of the molecule is CCCCCC(=O)c1ccc([C@@](OC)(c2ccc(C(=O)O)s2)C2CCC(=O)N2)cc1. The first-order valence-corrected chi connectivity index (χ1v) is 11.1. The van der Waals surface area contributed by atoms with Gasteiger partial charge in [0.1, 0.15) is 10.5 Å². The maximum Gasteiger partial charge on any atom is 0.345 e. The molecule has 6 nitrogen and oxygen atoms in total. The number of carboxylic acids is 1. The van der Waals surface area contributed by atoms with Crippen molar-refractivity contribution in [1.82, 2.24) is 5.32 Å². The summed E-state index contributed by atoms with van der Waals surface area (Å²) in [6.45, 7) is 2.10. The summed E-state index contributed by atoms with van der Waals surface area (Å²) >= 11 is 1.14. The van der Waals surface area contributed by atoms with Gasteiger partial charge in [0.2, 0.25) is 5.91 Å². The van der Waals surface area contributed by atoms with Gasteiger partial charge in [-0.25, -0.2) is 4.79 Å². The van der Waals surface area contributed by atoms with E-state index in [9.17, 15) is 19.5 Å². The number of unbranched alkanes of at least 4 members (excludes halogenated alkanes) is 2. The molecule has 2 N–H and O–H groups in total. The van der Waals surface area contributed by atoms with E-state index in [4.69, 9.17) is 4.74 Å². The first-order chi connectivity index (χ1) is 14.4. The molecule has 160 valence electrons. The summed E-state index contributed by atoms with van der Waals surface area (Å²) in [4.78, 5) is 36.7. The molecule has 1 aliphatic heterocycles. The number of hydrogen-bond acceptors (Lipinski definition) is 5. The Bertz CT molecular complexity index is 920. The number of hydrogen-bond donors (Lipinski definition) is 2. The van der Waals surface area contributed by atoms with Crippen molar-refractivity contribution in [3.63, 3.8) is 0 Å². The topological polar surface area (TPSA) is 92.7 Å². The number of carbonyl (C=O) groups is 3. The van der Waals surface area contributed by atoms with Crippen LogP contribution in [0.4, 0.5) is 0 Å². The maximum atomic E-state index is 12.4. The quantitative estimate of drug-likeness (QED) is 0.432. The number of Topliss-reactive ketones (excluding diaryl/α,β-unsaturated/α-hetero) is 1. The molecule has 3 rings (SSSR count). The van der Waals surface area contributed by atoms with E-state index >= 15 is 0 Å². The average molecular weight is 430 g/mol. The summed E-state index contributed by atoms with van der Waals surface area (Å²) in [7, 11) is 1.56. The van der Waals surface area contributed by atoms with Crippen molar-refractivity contribution in [2.24, 2.45) is 0 Å². The van der Waals surface area contributed by atoms with Crippen LogP contribution in [0.2, 0.25) is 0 Å². The van der Waals surface area contributed by atoms with Crippen LogP contribution in [0, 0.1) is 0 Å². The number of amides is 1. The molecular weight excluding hydrogens is 402 g/mol. The number of benzene rings is 1. The van der Waals surface area contributed by atoms with Gasteiger partial charge < -0.3 is 15.2 Å². The molecule has 0 aliphatic carbocycles. The summed E-state index contributed by atoms with van der Waals surface area (Å²) in [6.07, 6.45) is 4.46. The van der Waals surface area contributed by atoms with Gasteiger partial charge in [0, 0.05) is 30.4 Å². The number of ether oxygens (including phenoxy) is 1. The third kappa shape index (κ3) is 4.32. The highest BCUT2D eigenvalue weighted by atomic mass is 32.1. The normalized spacial score (nSPS) is 18.1. The molecule has 2 aromatic rings. The summed E-state index contributed by atoms with van der Waals surface area (Å²) < 4.78 is 6.03. The molecule has 1 saturated heterocycles. The lowest BCUT2D eigenvalue weighted by Gasteiger charge is -2.37. The molecule has 1 aromatic carbocycles. The lowest BCUT2D eigenvalue weighted by atomic mass is 9.83. The highest BCUT2D eigenvalue weighted by Gasteiger charge is 2.47. The predicted octanol–water partition coefficient (Wildman–Crippen LogP) is 4.38. The third-order valence-electron chi connectivity index (χ3n) is 5.63. The van der Waals surface area contributed by atoms with Crippen LogP contribution in [0.3, 0.4) is 0 Å². The first kappa shape index (κ1) is 22.2. The lowest BCUT2D eigenvalue weighted by Crippen LogP contribution is -2.48. The van der Waals surface area contributed by atoms with E-state index in [0.717, 1.165) is 36.2 Å². The van der Waals surface area contributed by atoms with Crippen LogP contribution >= 0.6 is 11.3 Å². The Morgan fingerprint density at radius 1 is 1.20 bits per heavy atom. The molecule has 1 aromatic heterocycles. The number of rotatable bonds is 10. The van der Waals surface area contributed by atoms with Gasteiger partial charge in [-0.2, -0.15) is 0 Å². The largest absolute Gasteiger partial charge is 0.477 e. The molecule has 0 radical (unpaired) electrons. The van der Waals surface area contributed by atoms with Crippen LogP contribution in [0.1, 0.15) is 75.9 Å². The van der Waals surface area contributed by atoms with E-state index in [1.54, 1.807) is 31.4 Å². The smallest absolute Gasteiger partial charge is 0.345 e. The monoisotopic (exact) mass is 429 g/mol. The van der Waals surface area contributed by atoms with Crippen molar-refractivity contribution in [2.75, 3.05) is 7.11 Å². The number of methoxy groups -OCH3 is 1. The second-order valence-electron chi connectivity index (χ2n) is 7.53. The zero-order valence-corrected chi connectivity index (χ0v) is 18.1. The Morgan fingerprint density at radius 3 is 2.47 bits per heavy atom. The molecule has 1 aliphatic rings. The molecule has 2 heterocycles. The van der Waals surface area contributed by atoms with E-state index < -0.39 is 11.6 Å². The number of aromatic carboxylic acids is 1. The van der Waals surface area contributed by atoms with E-state index in [-0.39, 0.29) is 22.6 Å². The summed E-state index contributed by atoms with van der Waals surface area (Å²) in [5, 5.41) is 12.3. The predicted molar refractivity (Wildman–Crippen MR) is 115 cm³/mol. The number of thiophene rings is 1. The van der Waals surface area contributed by atoms with Gasteiger partial charge in [0.05, 0.1) is 6.04 Å². The van der Waals surface area contributed by atoms with Crippen molar-refractivity contribution in [3.05, 3.63) is 57.3 Å². The van der Waals surface area contributed by atoms with Crippen molar-refractivity contribution in [2.45, 2.75) is 57.1 Å². The van der Waals surface area contributed by atoms with E-state index in [2.05, 4.69) is 12.2 Å². The second-order valence-corrected chi connectivity index (χ2v) is 8.61. The van der Waals surface area contributed by atoms with Crippen molar-refractivity contribution in [1.29, 1.82) is 0 Å². The zero-order valence-electron chi connectivity index (χ0n) is 17.3. The molecule has 2 atom stereocenters. The molecular formula is C23H27NO5S. The number of ketones is 1. The Morgan fingerprint density at radius 2 is 1.93 bits per heavy atom. The van der Waals surface area contributed by atoms with Crippen LogP contribution in [0.25, 0.3) is 0 Å². The Labute approximate surface area is 180 Å². The van der Waals surface area contributed by atoms with Crippen LogP contribution in [-0.4, -0.2) is 35.9 Å². The van der Waals surface area contributed by atoms with E-state index in [1.165, 1.54) is 0 Å². The van der Waals surface area contributed by atoms with Crippen LogP contribution in [-0.2, 0) is 15.1 Å². The molecule has 7 heteroatoms. The summed E-state index contributed by atoms with van der Waals surface area (Å²) in [5.74, 6) is -0.949. The second kappa shape index (κ2) is 9.53. The summed E-state index contributed by atoms with van der Waals surface area (Å²) in [6, 6.07) is 10.2.